The topological polar surface area (TPSA) is 15.3 Å². The predicted octanol–water partition coefficient (Wildman–Crippen LogP) is 2.50. The number of hydrogen-bond acceptors (Lipinski definition) is 2. The van der Waals surface area contributed by atoms with E-state index in [1.807, 2.05) is 0 Å². The maximum absolute atomic E-state index is 3.47. The van der Waals surface area contributed by atoms with Crippen LogP contribution in [0.2, 0.25) is 0 Å². The fourth-order valence-electron chi connectivity index (χ4n) is 1.44. The van der Waals surface area contributed by atoms with Gasteiger partial charge in [0.1, 0.15) is 0 Å². The van der Waals surface area contributed by atoms with Crippen LogP contribution in [0.3, 0.4) is 0 Å². The first-order valence-corrected chi connectivity index (χ1v) is 6.20. The predicted molar refractivity (Wildman–Crippen MR) is 64.8 cm³/mol. The molecule has 86 valence electrons. The maximum atomic E-state index is 3.47. The molecule has 0 unspecified atom stereocenters. The molecular formula is C12H28N2. The Balaban J connectivity index is 3.06. The molecule has 0 spiro atoms. The number of nitrogens with zero attached hydrogens (tertiary/aromatic N) is 1. The largest absolute Gasteiger partial charge is 0.315 e. The number of likely N-dealkylation sites (N-methyl/N-ethyl adjacent to an activating group) is 1. The van der Waals surface area contributed by atoms with Crippen LogP contribution in [0.25, 0.3) is 0 Å². The summed E-state index contributed by atoms with van der Waals surface area (Å²) in [4.78, 5) is 2.43. The number of rotatable bonds is 10. The number of unbranched alkanes of at least 4 members (excludes halogenated alkanes) is 3. The highest BCUT2D eigenvalue weighted by molar-refractivity contribution is 4.55. The van der Waals surface area contributed by atoms with Crippen molar-refractivity contribution < 1.29 is 0 Å². The Kier molecular flexibility index (Phi) is 10.9. The first-order valence-electron chi connectivity index (χ1n) is 6.20. The lowest BCUT2D eigenvalue weighted by Gasteiger charge is -2.16. The average Bonchev–Trinajstić information content (AvgIpc) is 2.18. The summed E-state index contributed by atoms with van der Waals surface area (Å²) in [5.74, 6) is 0. The highest BCUT2D eigenvalue weighted by Gasteiger charge is 1.96. The van der Waals surface area contributed by atoms with Crippen molar-refractivity contribution in [3.8, 4) is 0 Å². The van der Waals surface area contributed by atoms with Crippen LogP contribution in [0.1, 0.15) is 46.0 Å². The SMILES string of the molecule is CCCCCN(C)CCNCCCC. The van der Waals surface area contributed by atoms with E-state index in [0.29, 0.717) is 0 Å². The van der Waals surface area contributed by atoms with Crippen LogP contribution in [0.4, 0.5) is 0 Å². The van der Waals surface area contributed by atoms with Gasteiger partial charge >= 0.3 is 0 Å². The minimum atomic E-state index is 1.14. The zero-order valence-corrected chi connectivity index (χ0v) is 10.3. The van der Waals surface area contributed by atoms with Gasteiger partial charge in [0.2, 0.25) is 0 Å². The monoisotopic (exact) mass is 200 g/mol. The normalized spacial score (nSPS) is 11.1. The van der Waals surface area contributed by atoms with Crippen LogP contribution in [-0.2, 0) is 0 Å². The molecule has 0 bridgehead atoms. The van der Waals surface area contributed by atoms with Gasteiger partial charge in [0.05, 0.1) is 0 Å². The Morgan fingerprint density at radius 3 is 2.21 bits per heavy atom. The van der Waals surface area contributed by atoms with Gasteiger partial charge in [-0.1, -0.05) is 33.1 Å². The van der Waals surface area contributed by atoms with E-state index in [1.54, 1.807) is 0 Å². The van der Waals surface area contributed by atoms with Crippen molar-refractivity contribution in [1.29, 1.82) is 0 Å². The summed E-state index contributed by atoms with van der Waals surface area (Å²) in [6.07, 6.45) is 6.64. The van der Waals surface area contributed by atoms with Crippen molar-refractivity contribution in [2.75, 3.05) is 33.2 Å². The van der Waals surface area contributed by atoms with Crippen molar-refractivity contribution in [3.63, 3.8) is 0 Å². The van der Waals surface area contributed by atoms with Gasteiger partial charge in [0.25, 0.3) is 0 Å². The molecule has 0 aliphatic carbocycles. The minimum absolute atomic E-state index is 1.14. The molecule has 2 heteroatoms. The van der Waals surface area contributed by atoms with Crippen molar-refractivity contribution in [2.45, 2.75) is 46.0 Å². The molecule has 0 fully saturated rings. The van der Waals surface area contributed by atoms with Crippen molar-refractivity contribution in [2.24, 2.45) is 0 Å². The fraction of sp³-hybridized carbons (Fsp3) is 1.00. The van der Waals surface area contributed by atoms with E-state index in [2.05, 4.69) is 31.1 Å². The van der Waals surface area contributed by atoms with E-state index >= 15 is 0 Å². The Morgan fingerprint density at radius 2 is 1.57 bits per heavy atom. The second-order valence-corrected chi connectivity index (χ2v) is 4.11. The molecule has 14 heavy (non-hydrogen) atoms. The van der Waals surface area contributed by atoms with Gasteiger partial charge in [-0.3, -0.25) is 0 Å². The fourth-order valence-corrected chi connectivity index (χ4v) is 1.44. The van der Waals surface area contributed by atoms with Crippen LogP contribution in [0, 0.1) is 0 Å². The molecule has 0 aromatic carbocycles. The van der Waals surface area contributed by atoms with Crippen LogP contribution in [0.15, 0.2) is 0 Å². The molecule has 0 aliphatic rings. The molecule has 1 N–H and O–H groups in total. The third-order valence-corrected chi connectivity index (χ3v) is 2.52. The van der Waals surface area contributed by atoms with Crippen LogP contribution < -0.4 is 5.32 Å². The molecule has 0 saturated carbocycles. The molecule has 0 saturated heterocycles. The summed E-state index contributed by atoms with van der Waals surface area (Å²) in [7, 11) is 2.22. The van der Waals surface area contributed by atoms with E-state index in [9.17, 15) is 0 Å². The Hall–Kier alpha value is -0.0800. The highest BCUT2D eigenvalue weighted by Crippen LogP contribution is 1.95. The lowest BCUT2D eigenvalue weighted by atomic mass is 10.2. The lowest BCUT2D eigenvalue weighted by molar-refractivity contribution is 0.323. The number of nitrogens with one attached hydrogen (secondary N) is 1. The molecule has 0 aliphatic heterocycles. The summed E-state index contributed by atoms with van der Waals surface area (Å²) in [6, 6.07) is 0. The van der Waals surface area contributed by atoms with Gasteiger partial charge in [0, 0.05) is 13.1 Å². The summed E-state index contributed by atoms with van der Waals surface area (Å²) < 4.78 is 0. The van der Waals surface area contributed by atoms with Gasteiger partial charge in [-0.05, 0) is 33.0 Å². The second kappa shape index (κ2) is 11.0. The minimum Gasteiger partial charge on any atom is -0.315 e. The zero-order valence-electron chi connectivity index (χ0n) is 10.3. The average molecular weight is 200 g/mol. The van der Waals surface area contributed by atoms with Crippen LogP contribution in [0.5, 0.6) is 0 Å². The van der Waals surface area contributed by atoms with Crippen molar-refractivity contribution in [1.82, 2.24) is 10.2 Å². The molecule has 0 atom stereocenters. The maximum Gasteiger partial charge on any atom is 0.0104 e. The second-order valence-electron chi connectivity index (χ2n) is 4.11. The van der Waals surface area contributed by atoms with E-state index < -0.39 is 0 Å². The molecule has 0 radical (unpaired) electrons. The van der Waals surface area contributed by atoms with Gasteiger partial charge in [-0.15, -0.1) is 0 Å². The third kappa shape index (κ3) is 10.0. The Bertz CT molecular complexity index is 104. The molecule has 2 nitrogen and oxygen atoms in total. The van der Waals surface area contributed by atoms with Crippen LogP contribution >= 0.6 is 0 Å². The lowest BCUT2D eigenvalue weighted by Crippen LogP contribution is -2.30. The summed E-state index contributed by atoms with van der Waals surface area (Å²) in [6.45, 7) is 9.25. The molecular weight excluding hydrogens is 172 g/mol. The van der Waals surface area contributed by atoms with E-state index in [-0.39, 0.29) is 0 Å². The first-order chi connectivity index (χ1) is 6.81. The first kappa shape index (κ1) is 13.9. The smallest absolute Gasteiger partial charge is 0.0104 e. The van der Waals surface area contributed by atoms with Gasteiger partial charge < -0.3 is 10.2 Å². The van der Waals surface area contributed by atoms with Gasteiger partial charge in [-0.25, -0.2) is 0 Å². The third-order valence-electron chi connectivity index (χ3n) is 2.52. The zero-order chi connectivity index (χ0) is 10.6. The summed E-state index contributed by atoms with van der Waals surface area (Å²) >= 11 is 0. The van der Waals surface area contributed by atoms with E-state index in [0.717, 1.165) is 6.54 Å². The molecule has 0 aromatic heterocycles. The van der Waals surface area contributed by atoms with Crippen molar-refractivity contribution >= 4 is 0 Å². The molecule has 0 rings (SSSR count). The standard InChI is InChI=1S/C12H28N2/c1-4-6-8-11-14(3)12-10-13-9-7-5-2/h13H,4-12H2,1-3H3. The van der Waals surface area contributed by atoms with E-state index in [4.69, 9.17) is 0 Å². The Morgan fingerprint density at radius 1 is 0.857 bits per heavy atom. The summed E-state index contributed by atoms with van der Waals surface area (Å²) in [5, 5.41) is 3.47. The molecule has 0 aromatic rings. The van der Waals surface area contributed by atoms with Crippen LogP contribution in [-0.4, -0.2) is 38.1 Å². The quantitative estimate of drug-likeness (QED) is 0.545. The van der Waals surface area contributed by atoms with Crippen molar-refractivity contribution in [3.05, 3.63) is 0 Å². The highest BCUT2D eigenvalue weighted by atomic mass is 15.1. The summed E-state index contributed by atoms with van der Waals surface area (Å²) in [5.41, 5.74) is 0. The molecule has 0 amide bonds. The van der Waals surface area contributed by atoms with E-state index in [1.165, 1.54) is 51.7 Å². The van der Waals surface area contributed by atoms with Gasteiger partial charge in [0.15, 0.2) is 0 Å². The number of hydrogen-bond donors (Lipinski definition) is 1. The Labute approximate surface area is 90.1 Å². The molecule has 0 heterocycles. The van der Waals surface area contributed by atoms with Gasteiger partial charge in [-0.2, -0.15) is 0 Å².